The third-order valence-electron chi connectivity index (χ3n) is 7.08. The van der Waals surface area contributed by atoms with Gasteiger partial charge in [-0.25, -0.2) is 4.98 Å². The standard InChI is InChI=1S/C22H33N5O2/c23-18(11-15-5-2-1-3-6-15)20(28)27-10-4-7-17-12-22(17,27)21(29)26-14-16-8-9-19(24)25-13-16/h8-9,13,15,17-18H,1-7,10-12,14,23H2,(H2,24,25)(H,26,29)/t17-,18-,22+/m1/s1. The van der Waals surface area contributed by atoms with Crippen LogP contribution >= 0.6 is 0 Å². The third kappa shape index (κ3) is 4.10. The van der Waals surface area contributed by atoms with Gasteiger partial charge in [0, 0.05) is 19.3 Å². The van der Waals surface area contributed by atoms with Gasteiger partial charge in [0.1, 0.15) is 11.4 Å². The van der Waals surface area contributed by atoms with Crippen LogP contribution in [-0.2, 0) is 16.1 Å². The smallest absolute Gasteiger partial charge is 0.246 e. The van der Waals surface area contributed by atoms with E-state index in [1.54, 1.807) is 12.3 Å². The molecule has 4 rings (SSSR count). The lowest BCUT2D eigenvalue weighted by Gasteiger charge is -2.37. The molecule has 0 spiro atoms. The average Bonchev–Trinajstić information content (AvgIpc) is 3.49. The zero-order valence-corrected chi connectivity index (χ0v) is 17.1. The monoisotopic (exact) mass is 399 g/mol. The maximum Gasteiger partial charge on any atom is 0.246 e. The number of nitrogens with zero attached hydrogens (tertiary/aromatic N) is 2. The van der Waals surface area contributed by atoms with Crippen LogP contribution in [0, 0.1) is 11.8 Å². The van der Waals surface area contributed by atoms with Crippen molar-refractivity contribution < 1.29 is 9.59 Å². The second-order valence-electron chi connectivity index (χ2n) is 9.08. The minimum Gasteiger partial charge on any atom is -0.384 e. The predicted octanol–water partition coefficient (Wildman–Crippen LogP) is 1.96. The predicted molar refractivity (Wildman–Crippen MR) is 111 cm³/mol. The van der Waals surface area contributed by atoms with E-state index in [1.807, 2.05) is 11.0 Å². The summed E-state index contributed by atoms with van der Waals surface area (Å²) in [6, 6.07) is 3.08. The topological polar surface area (TPSA) is 114 Å². The molecule has 7 heteroatoms. The summed E-state index contributed by atoms with van der Waals surface area (Å²) in [5.74, 6) is 1.16. The van der Waals surface area contributed by atoms with Crippen molar-refractivity contribution >= 4 is 17.6 Å². The van der Waals surface area contributed by atoms with Gasteiger partial charge in [0.25, 0.3) is 0 Å². The Morgan fingerprint density at radius 2 is 2.00 bits per heavy atom. The molecule has 158 valence electrons. The highest BCUT2D eigenvalue weighted by atomic mass is 16.2. The van der Waals surface area contributed by atoms with Crippen LogP contribution in [0.4, 0.5) is 5.82 Å². The molecular formula is C22H33N5O2. The van der Waals surface area contributed by atoms with Crippen LogP contribution in [0.25, 0.3) is 0 Å². The Balaban J connectivity index is 1.40. The number of carbonyl (C=O) groups is 2. The molecule has 2 saturated carbocycles. The number of carbonyl (C=O) groups excluding carboxylic acids is 2. The Morgan fingerprint density at radius 1 is 1.21 bits per heavy atom. The molecule has 0 radical (unpaired) electrons. The number of anilines is 1. The van der Waals surface area contributed by atoms with E-state index in [-0.39, 0.29) is 17.7 Å². The number of pyridine rings is 1. The van der Waals surface area contributed by atoms with Crippen LogP contribution in [0.5, 0.6) is 0 Å². The third-order valence-corrected chi connectivity index (χ3v) is 7.08. The van der Waals surface area contributed by atoms with Crippen molar-refractivity contribution in [2.24, 2.45) is 17.6 Å². The summed E-state index contributed by atoms with van der Waals surface area (Å²) in [7, 11) is 0. The van der Waals surface area contributed by atoms with E-state index in [0.29, 0.717) is 24.8 Å². The fourth-order valence-electron chi connectivity index (χ4n) is 5.35. The zero-order chi connectivity index (χ0) is 20.4. The molecule has 0 aromatic carbocycles. The first-order valence-corrected chi connectivity index (χ1v) is 11.1. The Morgan fingerprint density at radius 3 is 2.72 bits per heavy atom. The highest BCUT2D eigenvalue weighted by Crippen LogP contribution is 2.54. The Kier molecular flexibility index (Phi) is 5.76. The molecular weight excluding hydrogens is 366 g/mol. The van der Waals surface area contributed by atoms with Gasteiger partial charge >= 0.3 is 0 Å². The Labute approximate surface area is 172 Å². The molecule has 2 aliphatic carbocycles. The van der Waals surface area contributed by atoms with Crippen molar-refractivity contribution in [3.63, 3.8) is 0 Å². The SMILES string of the molecule is Nc1ccc(CNC(=O)[C@]23C[C@H]2CCCN3C(=O)[C@H](N)CC2CCCCC2)cn1. The molecule has 5 N–H and O–H groups in total. The van der Waals surface area contributed by atoms with E-state index < -0.39 is 11.6 Å². The van der Waals surface area contributed by atoms with E-state index in [0.717, 1.165) is 31.2 Å². The minimum atomic E-state index is -0.694. The number of fused-ring (bicyclic) bond motifs is 1. The molecule has 7 nitrogen and oxygen atoms in total. The molecule has 1 saturated heterocycles. The van der Waals surface area contributed by atoms with Gasteiger partial charge in [-0.1, -0.05) is 38.2 Å². The van der Waals surface area contributed by atoms with Crippen LogP contribution in [0.3, 0.4) is 0 Å². The second-order valence-corrected chi connectivity index (χ2v) is 9.08. The highest BCUT2D eigenvalue weighted by Gasteiger charge is 2.66. The van der Waals surface area contributed by atoms with Gasteiger partial charge < -0.3 is 21.7 Å². The van der Waals surface area contributed by atoms with Gasteiger partial charge in [-0.3, -0.25) is 9.59 Å². The number of piperidine rings is 1. The van der Waals surface area contributed by atoms with Crippen molar-refractivity contribution in [2.45, 2.75) is 75.9 Å². The lowest BCUT2D eigenvalue weighted by atomic mass is 9.84. The fourth-order valence-corrected chi connectivity index (χ4v) is 5.35. The molecule has 3 fully saturated rings. The van der Waals surface area contributed by atoms with Crippen molar-refractivity contribution in [1.29, 1.82) is 0 Å². The molecule has 1 aliphatic heterocycles. The first-order valence-electron chi connectivity index (χ1n) is 11.1. The second kappa shape index (κ2) is 8.30. The maximum absolute atomic E-state index is 13.2. The first-order chi connectivity index (χ1) is 14.0. The number of hydrogen-bond donors (Lipinski definition) is 3. The fraction of sp³-hybridized carbons (Fsp3) is 0.682. The first kappa shape index (κ1) is 20.1. The number of hydrogen-bond acceptors (Lipinski definition) is 5. The van der Waals surface area contributed by atoms with E-state index >= 15 is 0 Å². The van der Waals surface area contributed by atoms with Gasteiger partial charge in [0.15, 0.2) is 0 Å². The largest absolute Gasteiger partial charge is 0.384 e. The number of amides is 2. The summed E-state index contributed by atoms with van der Waals surface area (Å²) in [6.07, 6.45) is 11.2. The molecule has 2 heterocycles. The molecule has 1 aromatic heterocycles. The van der Waals surface area contributed by atoms with Crippen LogP contribution in [0.15, 0.2) is 18.3 Å². The van der Waals surface area contributed by atoms with Crippen LogP contribution in [0.2, 0.25) is 0 Å². The molecule has 3 atom stereocenters. The van der Waals surface area contributed by atoms with Crippen LogP contribution in [-0.4, -0.2) is 39.8 Å². The van der Waals surface area contributed by atoms with Gasteiger partial charge in [-0.05, 0) is 49.1 Å². The Hall–Kier alpha value is -2.15. The summed E-state index contributed by atoms with van der Waals surface area (Å²) >= 11 is 0. The molecule has 3 aliphatic rings. The zero-order valence-electron chi connectivity index (χ0n) is 17.1. The molecule has 2 amide bonds. The van der Waals surface area contributed by atoms with Gasteiger partial charge in [-0.2, -0.15) is 0 Å². The molecule has 0 unspecified atom stereocenters. The van der Waals surface area contributed by atoms with E-state index in [4.69, 9.17) is 11.5 Å². The van der Waals surface area contributed by atoms with E-state index in [9.17, 15) is 9.59 Å². The van der Waals surface area contributed by atoms with Crippen LogP contribution < -0.4 is 16.8 Å². The quantitative estimate of drug-likeness (QED) is 0.676. The summed E-state index contributed by atoms with van der Waals surface area (Å²) in [4.78, 5) is 32.2. The lowest BCUT2D eigenvalue weighted by molar-refractivity contribution is -0.145. The number of rotatable bonds is 6. The van der Waals surface area contributed by atoms with Crippen molar-refractivity contribution in [1.82, 2.24) is 15.2 Å². The number of nitrogens with one attached hydrogen (secondary N) is 1. The number of aromatic nitrogens is 1. The highest BCUT2D eigenvalue weighted by molar-refractivity contribution is 5.96. The summed E-state index contributed by atoms with van der Waals surface area (Å²) in [5.41, 5.74) is 12.2. The summed E-state index contributed by atoms with van der Waals surface area (Å²) < 4.78 is 0. The van der Waals surface area contributed by atoms with Crippen molar-refractivity contribution in [2.75, 3.05) is 12.3 Å². The Bertz CT molecular complexity index is 746. The number of nitrogens with two attached hydrogens (primary N) is 2. The molecule has 29 heavy (non-hydrogen) atoms. The summed E-state index contributed by atoms with van der Waals surface area (Å²) in [6.45, 7) is 1.02. The van der Waals surface area contributed by atoms with Gasteiger partial charge in [-0.15, -0.1) is 0 Å². The van der Waals surface area contributed by atoms with E-state index in [1.165, 1.54) is 32.1 Å². The number of nitrogen functional groups attached to an aromatic ring is 1. The van der Waals surface area contributed by atoms with Crippen molar-refractivity contribution in [3.05, 3.63) is 23.9 Å². The molecule has 0 bridgehead atoms. The average molecular weight is 400 g/mol. The maximum atomic E-state index is 13.2. The van der Waals surface area contributed by atoms with Gasteiger partial charge in [0.2, 0.25) is 11.8 Å². The lowest BCUT2D eigenvalue weighted by Crippen LogP contribution is -2.58. The molecule has 1 aromatic rings. The van der Waals surface area contributed by atoms with E-state index in [2.05, 4.69) is 10.3 Å². The number of likely N-dealkylation sites (tertiary alicyclic amines) is 1. The van der Waals surface area contributed by atoms with Crippen molar-refractivity contribution in [3.8, 4) is 0 Å². The minimum absolute atomic E-state index is 0.0397. The summed E-state index contributed by atoms with van der Waals surface area (Å²) in [5, 5.41) is 3.02. The van der Waals surface area contributed by atoms with Gasteiger partial charge in [0.05, 0.1) is 6.04 Å². The normalized spacial score (nSPS) is 27.8. The van der Waals surface area contributed by atoms with Crippen LogP contribution in [0.1, 0.15) is 63.4 Å².